The molecule has 22 heavy (non-hydrogen) atoms. The third-order valence-corrected chi connectivity index (χ3v) is 2.74. The van der Waals surface area contributed by atoms with E-state index in [4.69, 9.17) is 5.11 Å². The van der Waals surface area contributed by atoms with Crippen LogP contribution in [0.4, 0.5) is 19.0 Å². The summed E-state index contributed by atoms with van der Waals surface area (Å²) in [7, 11) is 0. The maximum Gasteiger partial charge on any atom is 0.339 e. The summed E-state index contributed by atoms with van der Waals surface area (Å²) < 4.78 is 39.7. The van der Waals surface area contributed by atoms with Gasteiger partial charge in [0.15, 0.2) is 0 Å². The highest BCUT2D eigenvalue weighted by Crippen LogP contribution is 2.17. The number of carboxylic acids is 1. The molecule has 1 aromatic carbocycles. The van der Waals surface area contributed by atoms with Crippen LogP contribution in [0.2, 0.25) is 0 Å². The summed E-state index contributed by atoms with van der Waals surface area (Å²) in [5, 5.41) is 11.1. The largest absolute Gasteiger partial charge is 0.478 e. The number of nitrogens with zero attached hydrogens (tertiary/aromatic N) is 1. The van der Waals surface area contributed by atoms with Crippen molar-refractivity contribution in [3.8, 4) is 0 Å². The summed E-state index contributed by atoms with van der Waals surface area (Å²) in [4.78, 5) is 26.4. The normalized spacial score (nSPS) is 10.3. The second-order valence-corrected chi connectivity index (χ2v) is 4.28. The van der Waals surface area contributed by atoms with Gasteiger partial charge in [-0.3, -0.25) is 4.79 Å². The molecular weight excluding hydrogens is 301 g/mol. The van der Waals surface area contributed by atoms with E-state index in [1.807, 2.05) is 0 Å². The Kier molecular flexibility index (Phi) is 4.40. The molecule has 0 aliphatic carbocycles. The van der Waals surface area contributed by atoms with E-state index in [2.05, 4.69) is 10.3 Å². The van der Waals surface area contributed by atoms with Gasteiger partial charge in [-0.25, -0.2) is 22.9 Å². The number of halogens is 3. The maximum absolute atomic E-state index is 13.4. The molecule has 8 heteroatoms. The van der Waals surface area contributed by atoms with Crippen molar-refractivity contribution < 1.29 is 27.9 Å². The van der Waals surface area contributed by atoms with Crippen LogP contribution in [-0.4, -0.2) is 22.0 Å². The molecule has 2 N–H and O–H groups in total. The van der Waals surface area contributed by atoms with Crippen molar-refractivity contribution in [3.05, 3.63) is 59.0 Å². The van der Waals surface area contributed by atoms with Crippen molar-refractivity contribution in [2.24, 2.45) is 0 Å². The fourth-order valence-corrected chi connectivity index (χ4v) is 1.76. The van der Waals surface area contributed by atoms with Crippen LogP contribution in [0.1, 0.15) is 15.9 Å². The van der Waals surface area contributed by atoms with Crippen LogP contribution < -0.4 is 5.32 Å². The second kappa shape index (κ2) is 6.25. The van der Waals surface area contributed by atoms with Crippen LogP contribution in [0.3, 0.4) is 0 Å². The van der Waals surface area contributed by atoms with E-state index in [-0.39, 0.29) is 11.4 Å². The average Bonchev–Trinajstić information content (AvgIpc) is 2.43. The Morgan fingerprint density at radius 1 is 1.18 bits per heavy atom. The first-order valence-electron chi connectivity index (χ1n) is 6.00. The highest BCUT2D eigenvalue weighted by Gasteiger charge is 2.18. The molecule has 0 atom stereocenters. The molecule has 0 spiro atoms. The Morgan fingerprint density at radius 2 is 1.82 bits per heavy atom. The Labute approximate surface area is 122 Å². The lowest BCUT2D eigenvalue weighted by molar-refractivity contribution is -0.115. The molecule has 0 saturated carbocycles. The van der Waals surface area contributed by atoms with Crippen molar-refractivity contribution in [1.82, 2.24) is 4.98 Å². The Balaban J connectivity index is 2.20. The minimum absolute atomic E-state index is 0.247. The average molecular weight is 310 g/mol. The lowest BCUT2D eigenvalue weighted by atomic mass is 10.1. The van der Waals surface area contributed by atoms with Gasteiger partial charge < -0.3 is 10.4 Å². The summed E-state index contributed by atoms with van der Waals surface area (Å²) >= 11 is 0. The molecule has 0 fully saturated rings. The SMILES string of the molecule is O=C(Cc1c(F)cc(F)cc1F)Nc1ncccc1C(=O)O. The zero-order valence-corrected chi connectivity index (χ0v) is 10.9. The molecule has 2 aromatic rings. The number of carbonyl (C=O) groups excluding carboxylic acids is 1. The van der Waals surface area contributed by atoms with E-state index in [9.17, 15) is 22.8 Å². The second-order valence-electron chi connectivity index (χ2n) is 4.28. The molecule has 0 radical (unpaired) electrons. The van der Waals surface area contributed by atoms with Crippen molar-refractivity contribution in [2.75, 3.05) is 5.32 Å². The predicted octanol–water partition coefficient (Wildman–Crippen LogP) is 2.38. The molecule has 1 heterocycles. The molecule has 2 rings (SSSR count). The number of pyridine rings is 1. The number of hydrogen-bond acceptors (Lipinski definition) is 3. The summed E-state index contributed by atoms with van der Waals surface area (Å²) in [6, 6.07) is 3.48. The molecule has 1 aromatic heterocycles. The van der Waals surface area contributed by atoms with Gasteiger partial charge in [0.25, 0.3) is 0 Å². The lowest BCUT2D eigenvalue weighted by Crippen LogP contribution is -2.19. The van der Waals surface area contributed by atoms with Gasteiger partial charge in [-0.2, -0.15) is 0 Å². The van der Waals surface area contributed by atoms with E-state index in [1.165, 1.54) is 18.3 Å². The quantitative estimate of drug-likeness (QED) is 0.908. The minimum atomic E-state index is -1.32. The standard InChI is InChI=1S/C14H9F3N2O3/c15-7-4-10(16)9(11(17)5-7)6-12(20)19-13-8(14(21)22)2-1-3-18-13/h1-5H,6H2,(H,21,22)(H,18,19,20). The molecule has 0 aliphatic heterocycles. The van der Waals surface area contributed by atoms with Crippen LogP contribution in [-0.2, 0) is 11.2 Å². The zero-order valence-electron chi connectivity index (χ0n) is 10.9. The topological polar surface area (TPSA) is 79.3 Å². The van der Waals surface area contributed by atoms with Gasteiger partial charge in [-0.05, 0) is 12.1 Å². The summed E-state index contributed by atoms with van der Waals surface area (Å²) in [6.07, 6.45) is 0.523. The lowest BCUT2D eigenvalue weighted by Gasteiger charge is -2.08. The minimum Gasteiger partial charge on any atom is -0.478 e. The molecule has 5 nitrogen and oxygen atoms in total. The number of amides is 1. The predicted molar refractivity (Wildman–Crippen MR) is 69.8 cm³/mol. The van der Waals surface area contributed by atoms with Gasteiger partial charge in [0.2, 0.25) is 5.91 Å². The van der Waals surface area contributed by atoms with Crippen LogP contribution in [0, 0.1) is 17.5 Å². The van der Waals surface area contributed by atoms with Gasteiger partial charge in [-0.15, -0.1) is 0 Å². The van der Waals surface area contributed by atoms with E-state index in [0.717, 1.165) is 0 Å². The number of rotatable bonds is 4. The van der Waals surface area contributed by atoms with Crippen molar-refractivity contribution in [1.29, 1.82) is 0 Å². The Morgan fingerprint density at radius 3 is 2.41 bits per heavy atom. The van der Waals surface area contributed by atoms with Crippen LogP contribution in [0.25, 0.3) is 0 Å². The van der Waals surface area contributed by atoms with Crippen LogP contribution in [0.15, 0.2) is 30.5 Å². The Bertz CT molecular complexity index is 727. The number of carboxylic acid groups (broad SMARTS) is 1. The van der Waals surface area contributed by atoms with Crippen LogP contribution >= 0.6 is 0 Å². The van der Waals surface area contributed by atoms with Crippen molar-refractivity contribution in [2.45, 2.75) is 6.42 Å². The molecule has 1 amide bonds. The zero-order chi connectivity index (χ0) is 16.3. The molecule has 0 aliphatic rings. The monoisotopic (exact) mass is 310 g/mol. The molecule has 114 valence electrons. The summed E-state index contributed by atoms with van der Waals surface area (Å²) in [5.41, 5.74) is -0.886. The van der Waals surface area contributed by atoms with Gasteiger partial charge in [0.05, 0.1) is 6.42 Å². The molecular formula is C14H9F3N2O3. The third kappa shape index (κ3) is 3.40. The summed E-state index contributed by atoms with van der Waals surface area (Å²) in [5.74, 6) is -5.95. The summed E-state index contributed by atoms with van der Waals surface area (Å²) in [6.45, 7) is 0. The van der Waals surface area contributed by atoms with E-state index in [1.54, 1.807) is 0 Å². The van der Waals surface area contributed by atoms with Crippen molar-refractivity contribution in [3.63, 3.8) is 0 Å². The van der Waals surface area contributed by atoms with E-state index >= 15 is 0 Å². The third-order valence-electron chi connectivity index (χ3n) is 2.74. The molecule has 0 saturated heterocycles. The van der Waals surface area contributed by atoms with Gasteiger partial charge >= 0.3 is 5.97 Å². The van der Waals surface area contributed by atoms with Crippen LogP contribution in [0.5, 0.6) is 0 Å². The van der Waals surface area contributed by atoms with Gasteiger partial charge in [0, 0.05) is 23.9 Å². The number of anilines is 1. The number of nitrogens with one attached hydrogen (secondary N) is 1. The number of hydrogen-bond donors (Lipinski definition) is 2. The smallest absolute Gasteiger partial charge is 0.339 e. The molecule has 0 unspecified atom stereocenters. The van der Waals surface area contributed by atoms with E-state index in [0.29, 0.717) is 12.1 Å². The van der Waals surface area contributed by atoms with Gasteiger partial charge in [-0.1, -0.05) is 0 Å². The molecule has 0 bridgehead atoms. The fraction of sp³-hybridized carbons (Fsp3) is 0.0714. The number of benzene rings is 1. The highest BCUT2D eigenvalue weighted by atomic mass is 19.1. The van der Waals surface area contributed by atoms with Gasteiger partial charge in [0.1, 0.15) is 28.8 Å². The fourth-order valence-electron chi connectivity index (χ4n) is 1.76. The van der Waals surface area contributed by atoms with E-state index < -0.39 is 41.3 Å². The number of aromatic carboxylic acids is 1. The first-order chi connectivity index (χ1) is 10.4. The Hall–Kier alpha value is -2.90. The van der Waals surface area contributed by atoms with Crippen molar-refractivity contribution >= 4 is 17.7 Å². The number of aromatic nitrogens is 1. The first-order valence-corrected chi connectivity index (χ1v) is 6.00. The number of carbonyl (C=O) groups is 2. The first kappa shape index (κ1) is 15.5. The highest BCUT2D eigenvalue weighted by molar-refractivity contribution is 5.99. The maximum atomic E-state index is 13.4.